The lowest BCUT2D eigenvalue weighted by molar-refractivity contribution is -0.137. The molecule has 1 saturated heterocycles. The number of alkyl halides is 3. The van der Waals surface area contributed by atoms with Crippen molar-refractivity contribution in [2.45, 2.75) is 32.4 Å². The molecule has 1 fully saturated rings. The van der Waals surface area contributed by atoms with Crippen LogP contribution < -0.4 is 10.9 Å². The molecule has 2 heterocycles. The number of nitrogens with zero attached hydrogens (tertiary/aromatic N) is 1. The van der Waals surface area contributed by atoms with Crippen LogP contribution in [0.1, 0.15) is 40.9 Å². The van der Waals surface area contributed by atoms with Crippen LogP contribution in [0.5, 0.6) is 0 Å². The molecule has 1 amide bonds. The van der Waals surface area contributed by atoms with Crippen molar-refractivity contribution in [2.75, 3.05) is 19.8 Å². The molecule has 5 nitrogen and oxygen atoms in total. The topological polar surface area (TPSA) is 60.3 Å². The van der Waals surface area contributed by atoms with Gasteiger partial charge in [0.2, 0.25) is 0 Å². The van der Waals surface area contributed by atoms with E-state index < -0.39 is 23.2 Å². The van der Waals surface area contributed by atoms with Crippen LogP contribution in [0, 0.1) is 12.8 Å². The summed E-state index contributed by atoms with van der Waals surface area (Å²) in [6, 6.07) is 7.46. The van der Waals surface area contributed by atoms with Crippen LogP contribution in [0.15, 0.2) is 41.2 Å². The van der Waals surface area contributed by atoms with Gasteiger partial charge in [0, 0.05) is 31.1 Å². The number of carbonyl (C=O) groups is 1. The second-order valence-electron chi connectivity index (χ2n) is 7.18. The third kappa shape index (κ3) is 5.06. The van der Waals surface area contributed by atoms with Crippen LogP contribution in [0.2, 0.25) is 0 Å². The van der Waals surface area contributed by atoms with Crippen molar-refractivity contribution >= 4 is 5.91 Å². The number of nitrogens with one attached hydrogen (secondary N) is 1. The molecule has 29 heavy (non-hydrogen) atoms. The number of pyridine rings is 1. The molecular formula is C21H23F3N2O3. The van der Waals surface area contributed by atoms with Gasteiger partial charge in [-0.3, -0.25) is 14.2 Å². The summed E-state index contributed by atoms with van der Waals surface area (Å²) >= 11 is 0. The summed E-state index contributed by atoms with van der Waals surface area (Å²) in [5, 5.41) is 2.75. The second kappa shape index (κ2) is 8.82. The van der Waals surface area contributed by atoms with Crippen molar-refractivity contribution in [3.8, 4) is 5.69 Å². The Morgan fingerprint density at radius 3 is 2.62 bits per heavy atom. The summed E-state index contributed by atoms with van der Waals surface area (Å²) in [6.45, 7) is 3.48. The fraction of sp³-hybridized carbons (Fsp3) is 0.429. The van der Waals surface area contributed by atoms with E-state index in [0.717, 1.165) is 49.2 Å². The molecular weight excluding hydrogens is 385 g/mol. The monoisotopic (exact) mass is 408 g/mol. The maximum atomic E-state index is 13.0. The summed E-state index contributed by atoms with van der Waals surface area (Å²) in [5.41, 5.74) is -1.09. The third-order valence-corrected chi connectivity index (χ3v) is 5.13. The zero-order valence-corrected chi connectivity index (χ0v) is 16.1. The number of rotatable bonds is 5. The van der Waals surface area contributed by atoms with E-state index in [1.165, 1.54) is 18.2 Å². The molecule has 0 bridgehead atoms. The summed E-state index contributed by atoms with van der Waals surface area (Å²) in [4.78, 5) is 25.4. The molecule has 156 valence electrons. The van der Waals surface area contributed by atoms with Crippen LogP contribution in [0.3, 0.4) is 0 Å². The molecule has 3 rings (SSSR count). The van der Waals surface area contributed by atoms with Gasteiger partial charge in [-0.05, 0) is 62.4 Å². The fourth-order valence-electron chi connectivity index (χ4n) is 3.47. The number of carbonyl (C=O) groups excluding carboxylic acids is 1. The smallest absolute Gasteiger partial charge is 0.381 e. The van der Waals surface area contributed by atoms with E-state index in [4.69, 9.17) is 4.74 Å². The first-order valence-electron chi connectivity index (χ1n) is 9.53. The number of hydrogen-bond acceptors (Lipinski definition) is 3. The normalized spacial score (nSPS) is 15.3. The predicted octanol–water partition coefficient (Wildman–Crippen LogP) is 3.71. The number of aromatic nitrogens is 1. The number of hydrogen-bond donors (Lipinski definition) is 1. The van der Waals surface area contributed by atoms with Crippen LogP contribution in [0.4, 0.5) is 13.2 Å². The molecule has 1 aromatic heterocycles. The molecule has 0 unspecified atom stereocenters. The zero-order valence-electron chi connectivity index (χ0n) is 16.1. The second-order valence-corrected chi connectivity index (χ2v) is 7.18. The number of halogens is 3. The first-order valence-corrected chi connectivity index (χ1v) is 9.53. The van der Waals surface area contributed by atoms with Gasteiger partial charge in [0.15, 0.2) is 0 Å². The largest absolute Gasteiger partial charge is 0.416 e. The number of aryl methyl sites for hydroxylation is 1. The highest BCUT2D eigenvalue weighted by atomic mass is 19.4. The van der Waals surface area contributed by atoms with Crippen LogP contribution >= 0.6 is 0 Å². The Bertz CT molecular complexity index is 931. The van der Waals surface area contributed by atoms with E-state index in [-0.39, 0.29) is 11.3 Å². The van der Waals surface area contributed by atoms with Gasteiger partial charge in [0.05, 0.1) is 5.56 Å². The highest BCUT2D eigenvalue weighted by molar-refractivity contribution is 5.93. The lowest BCUT2D eigenvalue weighted by Crippen LogP contribution is -2.34. The van der Waals surface area contributed by atoms with Crippen molar-refractivity contribution in [2.24, 2.45) is 5.92 Å². The molecule has 0 saturated carbocycles. The summed E-state index contributed by atoms with van der Waals surface area (Å²) in [7, 11) is 0. The molecule has 1 aliphatic heterocycles. The van der Waals surface area contributed by atoms with Gasteiger partial charge in [0.25, 0.3) is 11.5 Å². The van der Waals surface area contributed by atoms with E-state index >= 15 is 0 Å². The lowest BCUT2D eigenvalue weighted by atomic mass is 9.97. The SMILES string of the molecule is Cc1ccc(C(=O)NCCC2CCOCC2)c(=O)n1-c1cccc(C(F)(F)F)c1. The van der Waals surface area contributed by atoms with Crippen LogP contribution in [-0.2, 0) is 10.9 Å². The maximum Gasteiger partial charge on any atom is 0.416 e. The maximum absolute atomic E-state index is 13.0. The predicted molar refractivity (Wildman–Crippen MR) is 102 cm³/mol. The highest BCUT2D eigenvalue weighted by Crippen LogP contribution is 2.30. The van der Waals surface area contributed by atoms with Gasteiger partial charge in [0.1, 0.15) is 5.56 Å². The Morgan fingerprint density at radius 2 is 1.93 bits per heavy atom. The Morgan fingerprint density at radius 1 is 1.21 bits per heavy atom. The summed E-state index contributed by atoms with van der Waals surface area (Å²) in [6.07, 6.45) is -1.83. The van der Waals surface area contributed by atoms with Crippen LogP contribution in [0.25, 0.3) is 5.69 Å². The summed E-state index contributed by atoms with van der Waals surface area (Å²) < 4.78 is 45.5. The third-order valence-electron chi connectivity index (χ3n) is 5.13. The molecule has 0 spiro atoms. The van der Waals surface area contributed by atoms with Crippen molar-refractivity contribution in [3.05, 3.63) is 63.6 Å². The summed E-state index contributed by atoms with van der Waals surface area (Å²) in [5.74, 6) is -0.0494. The van der Waals surface area contributed by atoms with Gasteiger partial charge in [-0.25, -0.2) is 0 Å². The molecule has 0 aliphatic carbocycles. The molecule has 1 N–H and O–H groups in total. The molecule has 0 atom stereocenters. The van der Waals surface area contributed by atoms with Crippen molar-refractivity contribution in [1.29, 1.82) is 0 Å². The van der Waals surface area contributed by atoms with Gasteiger partial charge in [-0.1, -0.05) is 6.07 Å². The minimum absolute atomic E-state index is 0.0687. The van der Waals surface area contributed by atoms with Gasteiger partial charge in [-0.2, -0.15) is 13.2 Å². The zero-order chi connectivity index (χ0) is 21.0. The van der Waals surface area contributed by atoms with Crippen molar-refractivity contribution in [3.63, 3.8) is 0 Å². The first kappa shape index (κ1) is 21.1. The quantitative estimate of drug-likeness (QED) is 0.821. The molecule has 1 aromatic carbocycles. The minimum atomic E-state index is -4.52. The molecule has 1 aliphatic rings. The van der Waals surface area contributed by atoms with Gasteiger partial charge in [-0.15, -0.1) is 0 Å². The average Bonchev–Trinajstić information content (AvgIpc) is 2.68. The van der Waals surface area contributed by atoms with Gasteiger partial charge < -0.3 is 10.1 Å². The Labute approximate surface area is 166 Å². The van der Waals surface area contributed by atoms with E-state index in [1.54, 1.807) is 13.0 Å². The number of ether oxygens (including phenoxy) is 1. The first-order chi connectivity index (χ1) is 13.8. The van der Waals surface area contributed by atoms with E-state index in [0.29, 0.717) is 18.2 Å². The van der Waals surface area contributed by atoms with Gasteiger partial charge >= 0.3 is 6.18 Å². The Balaban J connectivity index is 1.80. The average molecular weight is 408 g/mol. The van der Waals surface area contributed by atoms with E-state index in [1.807, 2.05) is 0 Å². The van der Waals surface area contributed by atoms with Crippen molar-refractivity contribution in [1.82, 2.24) is 9.88 Å². The Hall–Kier alpha value is -2.61. The van der Waals surface area contributed by atoms with Crippen molar-refractivity contribution < 1.29 is 22.7 Å². The molecule has 0 radical (unpaired) electrons. The van der Waals surface area contributed by atoms with E-state index in [2.05, 4.69) is 5.32 Å². The Kier molecular flexibility index (Phi) is 6.42. The number of benzene rings is 1. The highest BCUT2D eigenvalue weighted by Gasteiger charge is 2.30. The standard InChI is InChI=1S/C21H23F3N2O3/c1-14-5-6-18(19(27)25-10-7-15-8-11-29-12-9-15)20(28)26(14)17-4-2-3-16(13-17)21(22,23)24/h2-6,13,15H,7-12H2,1H3,(H,25,27). The molecule has 8 heteroatoms. The minimum Gasteiger partial charge on any atom is -0.381 e. The number of amides is 1. The van der Waals surface area contributed by atoms with E-state index in [9.17, 15) is 22.8 Å². The lowest BCUT2D eigenvalue weighted by Gasteiger charge is -2.21. The fourth-order valence-corrected chi connectivity index (χ4v) is 3.47. The van der Waals surface area contributed by atoms with Crippen LogP contribution in [-0.4, -0.2) is 30.2 Å². The molecule has 2 aromatic rings.